The van der Waals surface area contributed by atoms with Gasteiger partial charge in [0.05, 0.1) is 20.1 Å². The van der Waals surface area contributed by atoms with Crippen LogP contribution in [0.1, 0.15) is 24.3 Å². The molecule has 3 unspecified atom stereocenters. The Morgan fingerprint density at radius 2 is 2.04 bits per heavy atom. The maximum absolute atomic E-state index is 11.4. The molecule has 10 heteroatoms. The minimum absolute atomic E-state index is 0.240. The monoisotopic (exact) mass is 359 g/mol. The highest BCUT2D eigenvalue weighted by Crippen LogP contribution is 2.36. The molecule has 0 saturated carbocycles. The molecule has 1 amide bonds. The predicted molar refractivity (Wildman–Crippen MR) is 85.3 cm³/mol. The van der Waals surface area contributed by atoms with E-state index in [9.17, 15) is 23.7 Å². The number of amides is 1. The zero-order chi connectivity index (χ0) is 18.3. The van der Waals surface area contributed by atoms with E-state index in [1.54, 1.807) is 12.1 Å². The molecular weight excluding hydrogens is 340 g/mol. The van der Waals surface area contributed by atoms with E-state index in [1.807, 2.05) is 0 Å². The Morgan fingerprint density at radius 3 is 2.50 bits per heavy atom. The molecule has 0 heterocycles. The number of nitrogens with two attached hydrogens (primary N) is 1. The van der Waals surface area contributed by atoms with Gasteiger partial charge in [0, 0.05) is 35.1 Å². The smallest absolute Gasteiger partial charge is 0.221 e. The van der Waals surface area contributed by atoms with Gasteiger partial charge in [-0.2, -0.15) is 0 Å². The first-order chi connectivity index (χ1) is 11.3. The van der Waals surface area contributed by atoms with Gasteiger partial charge >= 0.3 is 0 Å². The summed E-state index contributed by atoms with van der Waals surface area (Å²) in [5.41, 5.74) is 5.62. The maximum atomic E-state index is 11.4. The van der Waals surface area contributed by atoms with Crippen molar-refractivity contribution in [3.8, 4) is 11.5 Å². The zero-order valence-electron chi connectivity index (χ0n) is 13.3. The molecule has 0 bridgehead atoms. The Kier molecular flexibility index (Phi) is 7.59. The average molecular weight is 359 g/mol. The van der Waals surface area contributed by atoms with Crippen LogP contribution < -0.4 is 15.2 Å². The molecule has 24 heavy (non-hydrogen) atoms. The number of hydrogen-bond acceptors (Lipinski definition) is 7. The third kappa shape index (κ3) is 5.46. The van der Waals surface area contributed by atoms with Crippen molar-refractivity contribution in [2.45, 2.75) is 24.8 Å². The molecular formula is C14H19N2O7S-. The highest BCUT2D eigenvalue weighted by Gasteiger charge is 2.35. The molecule has 0 aliphatic carbocycles. The van der Waals surface area contributed by atoms with E-state index < -0.39 is 33.9 Å². The summed E-state index contributed by atoms with van der Waals surface area (Å²) in [7, 11) is 2.84. The van der Waals surface area contributed by atoms with E-state index in [1.165, 1.54) is 20.3 Å². The minimum Gasteiger partial charge on any atom is -0.772 e. The molecule has 0 fully saturated rings. The van der Waals surface area contributed by atoms with Gasteiger partial charge in [-0.1, -0.05) is 17.1 Å². The Balaban J connectivity index is 3.30. The van der Waals surface area contributed by atoms with Gasteiger partial charge < -0.3 is 19.8 Å². The largest absolute Gasteiger partial charge is 0.772 e. The van der Waals surface area contributed by atoms with Crippen molar-refractivity contribution in [2.24, 2.45) is 5.73 Å². The molecule has 0 aliphatic heterocycles. The number of hydrogen-bond donors (Lipinski definition) is 1. The summed E-state index contributed by atoms with van der Waals surface area (Å²) in [6.07, 6.45) is -0.546. The van der Waals surface area contributed by atoms with E-state index >= 15 is 0 Å². The topological polar surface area (TPSA) is 145 Å². The second-order valence-electron chi connectivity index (χ2n) is 5.03. The van der Waals surface area contributed by atoms with E-state index in [4.69, 9.17) is 15.2 Å². The van der Waals surface area contributed by atoms with Gasteiger partial charge in [-0.3, -0.25) is 19.1 Å². The van der Waals surface area contributed by atoms with Crippen LogP contribution in [0.2, 0.25) is 0 Å². The summed E-state index contributed by atoms with van der Waals surface area (Å²) in [6.45, 7) is 0. The van der Waals surface area contributed by atoms with Crippen LogP contribution in [0.15, 0.2) is 18.2 Å². The van der Waals surface area contributed by atoms with Crippen molar-refractivity contribution in [3.05, 3.63) is 33.9 Å². The fourth-order valence-electron chi connectivity index (χ4n) is 2.47. The summed E-state index contributed by atoms with van der Waals surface area (Å²) in [5, 5.41) is 11.4. The van der Waals surface area contributed by atoms with Crippen molar-refractivity contribution in [1.29, 1.82) is 0 Å². The van der Waals surface area contributed by atoms with Crippen LogP contribution in [-0.2, 0) is 15.9 Å². The molecule has 1 rings (SSSR count). The molecule has 134 valence electrons. The van der Waals surface area contributed by atoms with Crippen LogP contribution in [0.5, 0.6) is 11.5 Å². The lowest BCUT2D eigenvalue weighted by atomic mass is 9.86. The van der Waals surface area contributed by atoms with Crippen molar-refractivity contribution in [3.63, 3.8) is 0 Å². The average Bonchev–Trinajstić information content (AvgIpc) is 2.52. The molecule has 1 aromatic rings. The maximum Gasteiger partial charge on any atom is 0.221 e. The number of primary amides is 1. The van der Waals surface area contributed by atoms with Crippen molar-refractivity contribution in [1.82, 2.24) is 0 Å². The first kappa shape index (κ1) is 19.8. The first-order valence-corrected chi connectivity index (χ1v) is 8.24. The fourth-order valence-corrected chi connectivity index (χ4v) is 2.90. The molecule has 0 spiro atoms. The van der Waals surface area contributed by atoms with Crippen LogP contribution in [0.25, 0.3) is 0 Å². The molecule has 9 nitrogen and oxygen atoms in total. The lowest BCUT2D eigenvalue weighted by Crippen LogP contribution is -2.32. The summed E-state index contributed by atoms with van der Waals surface area (Å²) < 4.78 is 31.8. The van der Waals surface area contributed by atoms with Gasteiger partial charge in [-0.25, -0.2) is 0 Å². The SMILES string of the molecule is COc1ccc(C(CC(N)=O)C(CCS(=O)[O-])[N+](=O)[O-])c(OC)c1. The molecule has 0 radical (unpaired) electrons. The number of benzene rings is 1. The Labute approximate surface area is 141 Å². The lowest BCUT2D eigenvalue weighted by Gasteiger charge is -2.23. The first-order valence-electron chi connectivity index (χ1n) is 6.99. The third-order valence-electron chi connectivity index (χ3n) is 3.58. The van der Waals surface area contributed by atoms with Gasteiger partial charge in [0.25, 0.3) is 0 Å². The van der Waals surface area contributed by atoms with Crippen LogP contribution in [0.3, 0.4) is 0 Å². The van der Waals surface area contributed by atoms with Gasteiger partial charge in [-0.15, -0.1) is 0 Å². The fraction of sp³-hybridized carbons (Fsp3) is 0.500. The number of rotatable bonds is 10. The van der Waals surface area contributed by atoms with Crippen LogP contribution in [-0.4, -0.2) is 45.6 Å². The summed E-state index contributed by atoms with van der Waals surface area (Å²) in [5.74, 6) is -1.25. The van der Waals surface area contributed by atoms with Crippen molar-refractivity contribution in [2.75, 3.05) is 20.0 Å². The summed E-state index contributed by atoms with van der Waals surface area (Å²) in [6, 6.07) is 3.37. The lowest BCUT2D eigenvalue weighted by molar-refractivity contribution is -0.527. The predicted octanol–water partition coefficient (Wildman–Crippen LogP) is 0.577. The van der Waals surface area contributed by atoms with Gasteiger partial charge in [0.15, 0.2) is 0 Å². The van der Waals surface area contributed by atoms with Crippen LogP contribution >= 0.6 is 0 Å². The van der Waals surface area contributed by atoms with Crippen molar-refractivity contribution < 1.29 is 28.0 Å². The number of ether oxygens (including phenoxy) is 2. The number of carbonyl (C=O) groups excluding carboxylic acids is 1. The standard InChI is InChI=1S/C14H20N2O7S/c1-22-9-3-4-10(13(7-9)23-2)11(8-14(15)17)12(16(18)19)5-6-24(20)21/h3-4,7,11-12H,5-6,8H2,1-2H3,(H2,15,17)(H,20,21)/p-1. The summed E-state index contributed by atoms with van der Waals surface area (Å²) >= 11 is -2.42. The van der Waals surface area contributed by atoms with Gasteiger partial charge in [-0.05, 0) is 6.07 Å². The molecule has 2 N–H and O–H groups in total. The zero-order valence-corrected chi connectivity index (χ0v) is 14.1. The minimum atomic E-state index is -2.42. The molecule has 0 aromatic heterocycles. The Hall–Kier alpha value is -2.20. The highest BCUT2D eigenvalue weighted by molar-refractivity contribution is 7.79. The van der Waals surface area contributed by atoms with Crippen LogP contribution in [0, 0.1) is 10.1 Å². The second-order valence-corrected chi connectivity index (χ2v) is 6.05. The van der Waals surface area contributed by atoms with Crippen LogP contribution in [0.4, 0.5) is 0 Å². The number of carbonyl (C=O) groups is 1. The molecule has 3 atom stereocenters. The Bertz CT molecular complexity index is 623. The number of nitrogens with zero attached hydrogens (tertiary/aromatic N) is 1. The summed E-state index contributed by atoms with van der Waals surface area (Å²) in [4.78, 5) is 22.2. The molecule has 1 aromatic carbocycles. The van der Waals surface area contributed by atoms with Gasteiger partial charge in [0.1, 0.15) is 11.5 Å². The molecule has 0 saturated heterocycles. The van der Waals surface area contributed by atoms with E-state index in [-0.39, 0.29) is 18.6 Å². The second kappa shape index (κ2) is 9.18. The van der Waals surface area contributed by atoms with Crippen molar-refractivity contribution >= 4 is 17.0 Å². The normalized spacial score (nSPS) is 14.5. The van der Waals surface area contributed by atoms with Gasteiger partial charge in [0.2, 0.25) is 11.9 Å². The molecule has 0 aliphatic rings. The highest BCUT2D eigenvalue weighted by atomic mass is 32.2. The van der Waals surface area contributed by atoms with E-state index in [0.29, 0.717) is 17.1 Å². The quantitative estimate of drug-likeness (QED) is 0.365. The Morgan fingerprint density at radius 1 is 1.38 bits per heavy atom. The number of methoxy groups -OCH3 is 2. The number of nitro groups is 1. The van der Waals surface area contributed by atoms with E-state index in [2.05, 4.69) is 0 Å². The third-order valence-corrected chi connectivity index (χ3v) is 4.15. The van der Waals surface area contributed by atoms with E-state index in [0.717, 1.165) is 0 Å².